The minimum Gasteiger partial charge on any atom is -0.347 e. The molecule has 4 rings (SSSR count). The summed E-state index contributed by atoms with van der Waals surface area (Å²) in [6.45, 7) is 3.91. The van der Waals surface area contributed by atoms with E-state index in [9.17, 15) is 9.59 Å². The Balaban J connectivity index is 1.65. The Morgan fingerprint density at radius 1 is 0.966 bits per heavy atom. The van der Waals surface area contributed by atoms with Crippen molar-refractivity contribution in [1.82, 2.24) is 14.7 Å². The smallest absolute Gasteiger partial charge is 0.287 e. The van der Waals surface area contributed by atoms with Crippen LogP contribution in [0.1, 0.15) is 64.3 Å². The number of pyridine rings is 1. The molecule has 3 aromatic rings. The Hall–Kier alpha value is -3.15. The van der Waals surface area contributed by atoms with Crippen LogP contribution in [0, 0.1) is 13.8 Å². The molecule has 0 radical (unpaired) electrons. The van der Waals surface area contributed by atoms with Crippen molar-refractivity contribution >= 4 is 23.0 Å². The summed E-state index contributed by atoms with van der Waals surface area (Å²) < 4.78 is 1.69. The second-order valence-electron chi connectivity index (χ2n) is 7.77. The highest BCUT2D eigenvalue weighted by atomic mass is 16.2. The molecular formula is C23H26N4O2. The van der Waals surface area contributed by atoms with Gasteiger partial charge in [-0.05, 0) is 49.9 Å². The van der Waals surface area contributed by atoms with E-state index in [1.165, 1.54) is 6.42 Å². The molecule has 6 heteroatoms. The molecular weight excluding hydrogens is 364 g/mol. The van der Waals surface area contributed by atoms with Gasteiger partial charge in [-0.3, -0.25) is 14.0 Å². The van der Waals surface area contributed by atoms with E-state index in [-0.39, 0.29) is 29.4 Å². The molecule has 1 aliphatic rings. The monoisotopic (exact) mass is 390 g/mol. The van der Waals surface area contributed by atoms with Gasteiger partial charge in [0, 0.05) is 17.9 Å². The van der Waals surface area contributed by atoms with Crippen molar-refractivity contribution < 1.29 is 9.59 Å². The van der Waals surface area contributed by atoms with Gasteiger partial charge < -0.3 is 10.6 Å². The highest BCUT2D eigenvalue weighted by Gasteiger charge is 2.24. The first kappa shape index (κ1) is 19.2. The number of imidazole rings is 1. The average Bonchev–Trinajstić information content (AvgIpc) is 3.11. The van der Waals surface area contributed by atoms with Crippen LogP contribution in [0.2, 0.25) is 0 Å². The van der Waals surface area contributed by atoms with E-state index in [4.69, 9.17) is 0 Å². The number of anilines is 1. The number of carbonyl (C=O) groups is 2. The van der Waals surface area contributed by atoms with Gasteiger partial charge in [0.2, 0.25) is 5.82 Å². The maximum atomic E-state index is 13.0. The van der Waals surface area contributed by atoms with Crippen LogP contribution >= 0.6 is 0 Å². The standard InChI is InChI=1S/C23H26N4O2/c1-15-9-8-10-16(2)19(15)26-22(28)20-18-13-6-7-14-27(18)21(25-20)23(29)24-17-11-4-3-5-12-17/h6-10,13-14,17H,3-5,11-12H2,1-2H3,(H,24,29)(H,26,28). The molecule has 1 aliphatic carbocycles. The van der Waals surface area contributed by atoms with Crippen molar-refractivity contribution in [3.05, 3.63) is 65.2 Å². The van der Waals surface area contributed by atoms with Gasteiger partial charge in [-0.2, -0.15) is 0 Å². The third kappa shape index (κ3) is 3.88. The van der Waals surface area contributed by atoms with Crippen LogP contribution in [0.25, 0.3) is 5.52 Å². The molecule has 2 aromatic heterocycles. The van der Waals surface area contributed by atoms with E-state index >= 15 is 0 Å². The minimum absolute atomic E-state index is 0.180. The molecule has 0 bridgehead atoms. The Labute approximate surface area is 170 Å². The van der Waals surface area contributed by atoms with Crippen molar-refractivity contribution in [3.63, 3.8) is 0 Å². The summed E-state index contributed by atoms with van der Waals surface area (Å²) in [7, 11) is 0. The lowest BCUT2D eigenvalue weighted by Crippen LogP contribution is -2.37. The van der Waals surface area contributed by atoms with Gasteiger partial charge in [0.1, 0.15) is 0 Å². The fourth-order valence-electron chi connectivity index (χ4n) is 4.05. The number of aromatic nitrogens is 2. The predicted molar refractivity (Wildman–Crippen MR) is 113 cm³/mol. The van der Waals surface area contributed by atoms with Crippen LogP contribution in [0.4, 0.5) is 5.69 Å². The number of nitrogens with zero attached hydrogens (tertiary/aromatic N) is 2. The van der Waals surface area contributed by atoms with Gasteiger partial charge in [0.25, 0.3) is 11.8 Å². The largest absolute Gasteiger partial charge is 0.347 e. The number of nitrogens with one attached hydrogen (secondary N) is 2. The third-order valence-corrected chi connectivity index (χ3v) is 5.63. The Morgan fingerprint density at radius 3 is 2.41 bits per heavy atom. The Bertz CT molecular complexity index is 1040. The van der Waals surface area contributed by atoms with Crippen molar-refractivity contribution in [3.8, 4) is 0 Å². The zero-order chi connectivity index (χ0) is 20.4. The van der Waals surface area contributed by atoms with Crippen LogP contribution in [0.15, 0.2) is 42.6 Å². The summed E-state index contributed by atoms with van der Waals surface area (Å²) in [5.41, 5.74) is 3.61. The summed E-state index contributed by atoms with van der Waals surface area (Å²) in [5, 5.41) is 6.07. The highest BCUT2D eigenvalue weighted by molar-refractivity contribution is 6.09. The Morgan fingerprint density at radius 2 is 1.69 bits per heavy atom. The van der Waals surface area contributed by atoms with E-state index in [1.54, 1.807) is 10.6 Å². The molecule has 1 saturated carbocycles. The predicted octanol–water partition coefficient (Wildman–Crippen LogP) is 4.27. The first-order valence-electron chi connectivity index (χ1n) is 10.2. The number of aryl methyl sites for hydroxylation is 2. The van der Waals surface area contributed by atoms with Crippen LogP contribution < -0.4 is 10.6 Å². The number of carbonyl (C=O) groups excluding carboxylic acids is 2. The second kappa shape index (κ2) is 8.07. The van der Waals surface area contributed by atoms with Gasteiger partial charge in [0.05, 0.1) is 5.52 Å². The molecule has 2 N–H and O–H groups in total. The van der Waals surface area contributed by atoms with Crippen LogP contribution in [0.5, 0.6) is 0 Å². The molecule has 0 unspecified atom stereocenters. The average molecular weight is 390 g/mol. The van der Waals surface area contributed by atoms with Gasteiger partial charge >= 0.3 is 0 Å². The SMILES string of the molecule is Cc1cccc(C)c1NC(=O)c1nc(C(=O)NC2CCCCC2)n2ccccc12. The molecule has 150 valence electrons. The molecule has 29 heavy (non-hydrogen) atoms. The Kier molecular flexibility index (Phi) is 5.34. The molecule has 2 amide bonds. The molecule has 6 nitrogen and oxygen atoms in total. The maximum Gasteiger partial charge on any atom is 0.287 e. The van der Waals surface area contributed by atoms with Gasteiger partial charge in [0.15, 0.2) is 5.69 Å². The van der Waals surface area contributed by atoms with E-state index < -0.39 is 0 Å². The van der Waals surface area contributed by atoms with Crippen molar-refractivity contribution in [2.75, 3.05) is 5.32 Å². The number of fused-ring (bicyclic) bond motifs is 1. The quantitative estimate of drug-likeness (QED) is 0.699. The van der Waals surface area contributed by atoms with Gasteiger partial charge in [-0.15, -0.1) is 0 Å². The fraction of sp³-hybridized carbons (Fsp3) is 0.348. The van der Waals surface area contributed by atoms with E-state index in [0.29, 0.717) is 5.52 Å². The number of hydrogen-bond acceptors (Lipinski definition) is 3. The first-order valence-corrected chi connectivity index (χ1v) is 10.2. The second-order valence-corrected chi connectivity index (χ2v) is 7.77. The van der Waals surface area contributed by atoms with Gasteiger partial charge in [-0.1, -0.05) is 43.5 Å². The topological polar surface area (TPSA) is 75.5 Å². The summed E-state index contributed by atoms with van der Waals surface area (Å²) >= 11 is 0. The number of benzene rings is 1. The molecule has 2 heterocycles. The molecule has 1 aromatic carbocycles. The maximum absolute atomic E-state index is 13.0. The van der Waals surface area contributed by atoms with E-state index in [2.05, 4.69) is 15.6 Å². The first-order chi connectivity index (χ1) is 14.0. The van der Waals surface area contributed by atoms with Gasteiger partial charge in [-0.25, -0.2) is 4.98 Å². The summed E-state index contributed by atoms with van der Waals surface area (Å²) in [5.74, 6) is -0.301. The molecule has 0 aliphatic heterocycles. The summed E-state index contributed by atoms with van der Waals surface area (Å²) in [6, 6.07) is 11.5. The van der Waals surface area contributed by atoms with Crippen molar-refractivity contribution in [1.29, 1.82) is 0 Å². The van der Waals surface area contributed by atoms with Crippen molar-refractivity contribution in [2.45, 2.75) is 52.0 Å². The minimum atomic E-state index is -0.317. The van der Waals surface area contributed by atoms with E-state index in [1.807, 2.05) is 50.2 Å². The molecule has 1 fully saturated rings. The molecule has 0 saturated heterocycles. The number of amides is 2. The molecule has 0 atom stereocenters. The fourth-order valence-corrected chi connectivity index (χ4v) is 4.05. The summed E-state index contributed by atoms with van der Waals surface area (Å²) in [6.07, 6.45) is 7.26. The lowest BCUT2D eigenvalue weighted by molar-refractivity contribution is 0.0916. The normalized spacial score (nSPS) is 14.7. The number of para-hydroxylation sites is 1. The molecule has 0 spiro atoms. The van der Waals surface area contributed by atoms with Crippen LogP contribution in [-0.4, -0.2) is 27.2 Å². The zero-order valence-corrected chi connectivity index (χ0v) is 16.9. The number of hydrogen-bond donors (Lipinski definition) is 2. The lowest BCUT2D eigenvalue weighted by Gasteiger charge is -2.22. The van der Waals surface area contributed by atoms with Crippen LogP contribution in [0.3, 0.4) is 0 Å². The zero-order valence-electron chi connectivity index (χ0n) is 16.9. The number of rotatable bonds is 4. The van der Waals surface area contributed by atoms with Crippen molar-refractivity contribution in [2.24, 2.45) is 0 Å². The lowest BCUT2D eigenvalue weighted by atomic mass is 9.95. The van der Waals surface area contributed by atoms with Crippen LogP contribution in [-0.2, 0) is 0 Å². The third-order valence-electron chi connectivity index (χ3n) is 5.63. The summed E-state index contributed by atoms with van der Waals surface area (Å²) in [4.78, 5) is 30.4. The van der Waals surface area contributed by atoms with E-state index in [0.717, 1.165) is 42.5 Å². The highest BCUT2D eigenvalue weighted by Crippen LogP contribution is 2.22.